The van der Waals surface area contributed by atoms with Crippen molar-refractivity contribution in [2.75, 3.05) is 5.32 Å². The molecule has 0 aliphatic heterocycles. The van der Waals surface area contributed by atoms with E-state index < -0.39 is 0 Å². The molecule has 4 heteroatoms. The zero-order chi connectivity index (χ0) is 17.5. The van der Waals surface area contributed by atoms with Crippen LogP contribution in [0.3, 0.4) is 0 Å². The number of para-hydroxylation sites is 1. The number of anilines is 2. The molecule has 4 nitrogen and oxygen atoms in total. The summed E-state index contributed by atoms with van der Waals surface area (Å²) in [5, 5.41) is 5.58. The van der Waals surface area contributed by atoms with Crippen LogP contribution in [0.1, 0.15) is 5.76 Å². The molecule has 0 aliphatic rings. The van der Waals surface area contributed by atoms with Crippen molar-refractivity contribution in [2.24, 2.45) is 0 Å². The Balaban J connectivity index is 1.50. The predicted octanol–water partition coefficient (Wildman–Crippen LogP) is 6.29. The van der Waals surface area contributed by atoms with Gasteiger partial charge in [-0.1, -0.05) is 18.2 Å². The summed E-state index contributed by atoms with van der Waals surface area (Å²) in [7, 11) is 0. The van der Waals surface area contributed by atoms with Gasteiger partial charge < -0.3 is 14.2 Å². The molecule has 0 bridgehead atoms. The fourth-order valence-corrected chi connectivity index (χ4v) is 3.19. The Hall–Kier alpha value is -3.53. The Labute approximate surface area is 150 Å². The average molecular weight is 340 g/mol. The molecule has 3 aromatic heterocycles. The van der Waals surface area contributed by atoms with E-state index in [9.17, 15) is 0 Å². The number of fused-ring (bicyclic) bond motifs is 3. The molecular formula is C22H16N2O2. The van der Waals surface area contributed by atoms with Gasteiger partial charge >= 0.3 is 0 Å². The number of nitrogens with zero attached hydrogens (tertiary/aromatic N) is 1. The van der Waals surface area contributed by atoms with Gasteiger partial charge in [-0.15, -0.1) is 0 Å². The van der Waals surface area contributed by atoms with Crippen molar-refractivity contribution in [3.8, 4) is 11.3 Å². The first-order chi connectivity index (χ1) is 12.8. The number of furan rings is 2. The van der Waals surface area contributed by atoms with Gasteiger partial charge in [-0.05, 0) is 49.4 Å². The Morgan fingerprint density at radius 2 is 1.69 bits per heavy atom. The fourth-order valence-electron chi connectivity index (χ4n) is 3.19. The summed E-state index contributed by atoms with van der Waals surface area (Å²) in [6.45, 7) is 1.94. The van der Waals surface area contributed by atoms with E-state index in [4.69, 9.17) is 8.83 Å². The van der Waals surface area contributed by atoms with Crippen molar-refractivity contribution in [1.29, 1.82) is 0 Å². The van der Waals surface area contributed by atoms with Crippen LogP contribution in [0.2, 0.25) is 0 Å². The molecule has 0 aliphatic carbocycles. The molecule has 126 valence electrons. The summed E-state index contributed by atoms with van der Waals surface area (Å²) in [4.78, 5) is 4.41. The minimum Gasteiger partial charge on any atom is -0.461 e. The molecule has 0 fully saturated rings. The number of rotatable bonds is 3. The van der Waals surface area contributed by atoms with Gasteiger partial charge in [0.05, 0.1) is 0 Å². The summed E-state index contributed by atoms with van der Waals surface area (Å²) in [6.07, 6.45) is 1.77. The molecule has 0 radical (unpaired) electrons. The van der Waals surface area contributed by atoms with Gasteiger partial charge in [0.2, 0.25) is 0 Å². The van der Waals surface area contributed by atoms with Crippen LogP contribution >= 0.6 is 0 Å². The van der Waals surface area contributed by atoms with Crippen LogP contribution in [-0.2, 0) is 0 Å². The first-order valence-corrected chi connectivity index (χ1v) is 8.47. The van der Waals surface area contributed by atoms with Gasteiger partial charge in [0, 0.05) is 34.3 Å². The van der Waals surface area contributed by atoms with Gasteiger partial charge in [0.1, 0.15) is 28.5 Å². The zero-order valence-electron chi connectivity index (χ0n) is 14.2. The quantitative estimate of drug-likeness (QED) is 0.419. The molecule has 5 aromatic rings. The maximum absolute atomic E-state index is 5.95. The topological polar surface area (TPSA) is 51.2 Å². The highest BCUT2D eigenvalue weighted by molar-refractivity contribution is 6.05. The van der Waals surface area contributed by atoms with E-state index in [-0.39, 0.29) is 0 Å². The standard InChI is InChI=1S/C22H16N2O2/c1-14-6-9-19(25-14)15-10-11-23-22(12-15)24-16-7-8-18-17-4-2-3-5-20(17)26-21(18)13-16/h2-13H,1H3,(H,23,24). The predicted molar refractivity (Wildman–Crippen MR) is 104 cm³/mol. The number of aromatic nitrogens is 1. The van der Waals surface area contributed by atoms with E-state index >= 15 is 0 Å². The molecule has 0 saturated carbocycles. The van der Waals surface area contributed by atoms with Crippen LogP contribution in [0.5, 0.6) is 0 Å². The van der Waals surface area contributed by atoms with E-state index in [1.54, 1.807) is 6.20 Å². The van der Waals surface area contributed by atoms with Crippen molar-refractivity contribution in [1.82, 2.24) is 4.98 Å². The largest absolute Gasteiger partial charge is 0.461 e. The summed E-state index contributed by atoms with van der Waals surface area (Å²) in [6, 6.07) is 22.0. The first-order valence-electron chi connectivity index (χ1n) is 8.47. The van der Waals surface area contributed by atoms with Gasteiger partial charge in [-0.3, -0.25) is 0 Å². The van der Waals surface area contributed by atoms with Gasteiger partial charge in [0.15, 0.2) is 0 Å². The molecule has 3 heterocycles. The molecule has 2 aromatic carbocycles. The van der Waals surface area contributed by atoms with E-state index in [2.05, 4.69) is 22.4 Å². The highest BCUT2D eigenvalue weighted by Gasteiger charge is 2.08. The lowest BCUT2D eigenvalue weighted by Crippen LogP contribution is -1.93. The molecule has 0 amide bonds. The third-order valence-electron chi connectivity index (χ3n) is 4.44. The minimum absolute atomic E-state index is 0.756. The summed E-state index contributed by atoms with van der Waals surface area (Å²) in [5.41, 5.74) is 3.67. The Kier molecular flexibility index (Phi) is 3.28. The molecule has 1 N–H and O–H groups in total. The number of hydrogen-bond donors (Lipinski definition) is 1. The molecule has 0 spiro atoms. The number of benzene rings is 2. The van der Waals surface area contributed by atoms with Crippen LogP contribution in [-0.4, -0.2) is 4.98 Å². The lowest BCUT2D eigenvalue weighted by Gasteiger charge is -2.06. The summed E-state index contributed by atoms with van der Waals surface area (Å²) < 4.78 is 11.6. The minimum atomic E-state index is 0.756. The molecule has 5 rings (SSSR count). The molecule has 0 saturated heterocycles. The maximum atomic E-state index is 5.95. The van der Waals surface area contributed by atoms with Crippen molar-refractivity contribution >= 4 is 33.4 Å². The van der Waals surface area contributed by atoms with E-state index in [1.807, 2.05) is 61.5 Å². The Bertz CT molecular complexity index is 1230. The lowest BCUT2D eigenvalue weighted by atomic mass is 10.1. The monoisotopic (exact) mass is 340 g/mol. The van der Waals surface area contributed by atoms with Crippen LogP contribution in [0, 0.1) is 6.92 Å². The second kappa shape index (κ2) is 5.77. The molecule has 0 unspecified atom stereocenters. The third-order valence-corrected chi connectivity index (χ3v) is 4.44. The highest BCUT2D eigenvalue weighted by Crippen LogP contribution is 2.31. The van der Waals surface area contributed by atoms with Crippen molar-refractivity contribution in [3.05, 3.63) is 78.7 Å². The smallest absolute Gasteiger partial charge is 0.137 e. The van der Waals surface area contributed by atoms with E-state index in [1.165, 1.54) is 0 Å². The van der Waals surface area contributed by atoms with Crippen molar-refractivity contribution in [3.63, 3.8) is 0 Å². The fraction of sp³-hybridized carbons (Fsp3) is 0.0455. The molecule has 26 heavy (non-hydrogen) atoms. The second-order valence-corrected chi connectivity index (χ2v) is 6.27. The number of aryl methyl sites for hydroxylation is 1. The van der Waals surface area contributed by atoms with Crippen LogP contribution in [0.15, 0.2) is 81.8 Å². The second-order valence-electron chi connectivity index (χ2n) is 6.27. The van der Waals surface area contributed by atoms with Crippen LogP contribution in [0.25, 0.3) is 33.3 Å². The van der Waals surface area contributed by atoms with Gasteiger partial charge in [-0.2, -0.15) is 0 Å². The average Bonchev–Trinajstić information content (AvgIpc) is 3.25. The highest BCUT2D eigenvalue weighted by atomic mass is 16.3. The van der Waals surface area contributed by atoms with Crippen molar-refractivity contribution < 1.29 is 8.83 Å². The van der Waals surface area contributed by atoms with Gasteiger partial charge in [-0.25, -0.2) is 4.98 Å². The number of pyridine rings is 1. The number of hydrogen-bond acceptors (Lipinski definition) is 4. The zero-order valence-corrected chi connectivity index (χ0v) is 14.2. The molecular weight excluding hydrogens is 324 g/mol. The first kappa shape index (κ1) is 14.8. The maximum Gasteiger partial charge on any atom is 0.137 e. The van der Waals surface area contributed by atoms with Gasteiger partial charge in [0.25, 0.3) is 0 Å². The Morgan fingerprint density at radius 3 is 2.58 bits per heavy atom. The SMILES string of the molecule is Cc1ccc(-c2ccnc(Nc3ccc4c(c3)oc3ccccc34)c2)o1. The Morgan fingerprint density at radius 1 is 0.808 bits per heavy atom. The summed E-state index contributed by atoms with van der Waals surface area (Å²) in [5.74, 6) is 2.48. The van der Waals surface area contributed by atoms with Crippen LogP contribution in [0.4, 0.5) is 11.5 Å². The van der Waals surface area contributed by atoms with Crippen molar-refractivity contribution in [2.45, 2.75) is 6.92 Å². The summed E-state index contributed by atoms with van der Waals surface area (Å²) >= 11 is 0. The normalized spacial score (nSPS) is 11.3. The lowest BCUT2D eigenvalue weighted by molar-refractivity contribution is 0.548. The van der Waals surface area contributed by atoms with E-state index in [0.717, 1.165) is 50.5 Å². The third kappa shape index (κ3) is 2.52. The molecule has 0 atom stereocenters. The number of nitrogens with one attached hydrogen (secondary N) is 1. The van der Waals surface area contributed by atoms with Crippen LogP contribution < -0.4 is 5.32 Å². The van der Waals surface area contributed by atoms with E-state index in [0.29, 0.717) is 0 Å².